The van der Waals surface area contributed by atoms with Gasteiger partial charge in [-0.2, -0.15) is 0 Å². The van der Waals surface area contributed by atoms with Gasteiger partial charge in [0.05, 0.1) is 11.3 Å². The van der Waals surface area contributed by atoms with Crippen LogP contribution in [0.1, 0.15) is 6.42 Å². The molecule has 0 aliphatic rings. The van der Waals surface area contributed by atoms with Crippen molar-refractivity contribution in [2.45, 2.75) is 13.0 Å². The summed E-state index contributed by atoms with van der Waals surface area (Å²) in [7, 11) is 0. The van der Waals surface area contributed by atoms with Crippen molar-refractivity contribution >= 4 is 17.3 Å². The van der Waals surface area contributed by atoms with Crippen LogP contribution in [0.2, 0.25) is 0 Å². The molecule has 0 bridgehead atoms. The van der Waals surface area contributed by atoms with Gasteiger partial charge in [-0.25, -0.2) is 15.8 Å². The number of nitro groups is 1. The number of aromatic nitrogens is 3. The third-order valence-corrected chi connectivity index (χ3v) is 2.66. The molecular formula is C11H15N7O2. The van der Waals surface area contributed by atoms with Gasteiger partial charge in [-0.05, 0) is 12.5 Å². The first kappa shape index (κ1) is 13.7. The van der Waals surface area contributed by atoms with Crippen molar-refractivity contribution < 1.29 is 4.92 Å². The van der Waals surface area contributed by atoms with E-state index in [1.54, 1.807) is 12.5 Å². The summed E-state index contributed by atoms with van der Waals surface area (Å²) >= 11 is 0. The molecule has 0 unspecified atom stereocenters. The molecule has 0 aliphatic carbocycles. The molecular weight excluding hydrogens is 262 g/mol. The average molecular weight is 277 g/mol. The van der Waals surface area contributed by atoms with Crippen molar-refractivity contribution in [1.29, 1.82) is 0 Å². The highest BCUT2D eigenvalue weighted by Gasteiger charge is 2.15. The Bertz CT molecular complexity index is 570. The van der Waals surface area contributed by atoms with Crippen molar-refractivity contribution in [2.75, 3.05) is 17.3 Å². The summed E-state index contributed by atoms with van der Waals surface area (Å²) in [6, 6.07) is 2.81. The first-order valence-electron chi connectivity index (χ1n) is 6.02. The molecule has 2 aromatic heterocycles. The largest absolute Gasteiger partial charge is 0.364 e. The Morgan fingerprint density at radius 3 is 2.95 bits per heavy atom. The van der Waals surface area contributed by atoms with E-state index in [4.69, 9.17) is 5.84 Å². The third kappa shape index (κ3) is 3.42. The molecule has 20 heavy (non-hydrogen) atoms. The molecule has 0 saturated carbocycles. The number of rotatable bonds is 7. The molecule has 0 saturated heterocycles. The number of nitrogens with zero attached hydrogens (tertiary/aromatic N) is 4. The van der Waals surface area contributed by atoms with Crippen LogP contribution in [0.3, 0.4) is 0 Å². The molecule has 0 aromatic carbocycles. The molecule has 0 aliphatic heterocycles. The highest BCUT2D eigenvalue weighted by molar-refractivity contribution is 5.59. The first-order chi connectivity index (χ1) is 9.70. The lowest BCUT2D eigenvalue weighted by Gasteiger charge is -2.08. The number of aryl methyl sites for hydroxylation is 1. The van der Waals surface area contributed by atoms with Crippen LogP contribution in [0.4, 0.5) is 17.3 Å². The van der Waals surface area contributed by atoms with Gasteiger partial charge in [-0.3, -0.25) is 10.1 Å². The van der Waals surface area contributed by atoms with E-state index in [1.807, 2.05) is 10.8 Å². The van der Waals surface area contributed by atoms with E-state index in [2.05, 4.69) is 20.7 Å². The Hall–Kier alpha value is -2.68. The molecule has 0 atom stereocenters. The Labute approximate surface area is 115 Å². The Balaban J connectivity index is 1.95. The second-order valence-corrected chi connectivity index (χ2v) is 4.05. The van der Waals surface area contributed by atoms with Gasteiger partial charge in [0.15, 0.2) is 0 Å². The number of nitrogen functional groups attached to an aromatic ring is 1. The zero-order chi connectivity index (χ0) is 14.4. The lowest BCUT2D eigenvalue weighted by molar-refractivity contribution is -0.384. The molecule has 9 heteroatoms. The lowest BCUT2D eigenvalue weighted by atomic mass is 10.3. The monoisotopic (exact) mass is 277 g/mol. The second-order valence-electron chi connectivity index (χ2n) is 4.05. The van der Waals surface area contributed by atoms with Crippen LogP contribution in [-0.4, -0.2) is 26.0 Å². The SMILES string of the molecule is NNc1ccc([N+](=O)[O-])c(NCCCn2ccnc2)n1. The van der Waals surface area contributed by atoms with Gasteiger partial charge < -0.3 is 15.3 Å². The predicted molar refractivity (Wildman–Crippen MR) is 74.0 cm³/mol. The van der Waals surface area contributed by atoms with Crippen LogP contribution in [0.25, 0.3) is 0 Å². The zero-order valence-electron chi connectivity index (χ0n) is 10.7. The Kier molecular flexibility index (Phi) is 4.45. The molecule has 2 rings (SSSR count). The molecule has 106 valence electrons. The minimum Gasteiger partial charge on any atom is -0.364 e. The van der Waals surface area contributed by atoms with Crippen LogP contribution in [-0.2, 0) is 6.54 Å². The fraction of sp³-hybridized carbons (Fsp3) is 0.273. The van der Waals surface area contributed by atoms with E-state index in [0.717, 1.165) is 13.0 Å². The quantitative estimate of drug-likeness (QED) is 0.298. The summed E-state index contributed by atoms with van der Waals surface area (Å²) in [5.41, 5.74) is 2.28. The van der Waals surface area contributed by atoms with Crippen molar-refractivity contribution in [3.05, 3.63) is 41.0 Å². The molecule has 4 N–H and O–H groups in total. The fourth-order valence-electron chi connectivity index (χ4n) is 1.70. The van der Waals surface area contributed by atoms with Crippen LogP contribution in [0.15, 0.2) is 30.9 Å². The van der Waals surface area contributed by atoms with Gasteiger partial charge in [0.1, 0.15) is 5.82 Å². The Morgan fingerprint density at radius 1 is 1.45 bits per heavy atom. The number of hydrogen-bond donors (Lipinski definition) is 3. The van der Waals surface area contributed by atoms with Crippen LogP contribution >= 0.6 is 0 Å². The van der Waals surface area contributed by atoms with E-state index in [9.17, 15) is 10.1 Å². The highest BCUT2D eigenvalue weighted by atomic mass is 16.6. The minimum atomic E-state index is -0.481. The van der Waals surface area contributed by atoms with E-state index in [1.165, 1.54) is 12.1 Å². The molecule has 0 spiro atoms. The summed E-state index contributed by atoms with van der Waals surface area (Å²) in [5, 5.41) is 13.9. The normalized spacial score (nSPS) is 10.2. The standard InChI is InChI=1S/C11H15N7O2/c12-16-10-3-2-9(18(19)20)11(15-10)14-4-1-6-17-7-5-13-8-17/h2-3,5,7-8H,1,4,6,12H2,(H2,14,15,16). The summed E-state index contributed by atoms with van der Waals surface area (Å²) in [4.78, 5) is 18.4. The molecule has 2 aromatic rings. The number of nitrogens with two attached hydrogens (primary N) is 1. The topological polar surface area (TPSA) is 124 Å². The molecule has 0 fully saturated rings. The number of hydrogen-bond acceptors (Lipinski definition) is 7. The van der Waals surface area contributed by atoms with Gasteiger partial charge in [0.2, 0.25) is 5.82 Å². The van der Waals surface area contributed by atoms with Gasteiger partial charge in [-0.15, -0.1) is 0 Å². The van der Waals surface area contributed by atoms with Crippen LogP contribution in [0.5, 0.6) is 0 Å². The number of anilines is 2. The van der Waals surface area contributed by atoms with Crippen molar-refractivity contribution in [3.63, 3.8) is 0 Å². The predicted octanol–water partition coefficient (Wildman–Crippen LogP) is 0.974. The fourth-order valence-corrected chi connectivity index (χ4v) is 1.70. The van der Waals surface area contributed by atoms with Gasteiger partial charge in [0, 0.05) is 31.5 Å². The first-order valence-corrected chi connectivity index (χ1v) is 6.02. The summed E-state index contributed by atoms with van der Waals surface area (Å²) in [5.74, 6) is 5.82. The second kappa shape index (κ2) is 6.48. The summed E-state index contributed by atoms with van der Waals surface area (Å²) in [6.45, 7) is 1.33. The van der Waals surface area contributed by atoms with Crippen LogP contribution in [0, 0.1) is 10.1 Å². The maximum Gasteiger partial charge on any atom is 0.311 e. The van der Waals surface area contributed by atoms with Crippen molar-refractivity contribution in [2.24, 2.45) is 5.84 Å². The third-order valence-electron chi connectivity index (χ3n) is 2.66. The van der Waals surface area contributed by atoms with Crippen molar-refractivity contribution in [3.8, 4) is 0 Å². The molecule has 0 amide bonds. The number of pyridine rings is 1. The number of imidazole rings is 1. The van der Waals surface area contributed by atoms with E-state index >= 15 is 0 Å². The highest BCUT2D eigenvalue weighted by Crippen LogP contribution is 2.23. The summed E-state index contributed by atoms with van der Waals surface area (Å²) < 4.78 is 1.93. The van der Waals surface area contributed by atoms with Gasteiger partial charge >= 0.3 is 5.69 Å². The molecule has 2 heterocycles. The number of hydrazine groups is 1. The van der Waals surface area contributed by atoms with Gasteiger partial charge in [-0.1, -0.05) is 0 Å². The van der Waals surface area contributed by atoms with Crippen molar-refractivity contribution in [1.82, 2.24) is 14.5 Å². The maximum atomic E-state index is 10.9. The lowest BCUT2D eigenvalue weighted by Crippen LogP contribution is -2.12. The number of nitrogens with one attached hydrogen (secondary N) is 2. The Morgan fingerprint density at radius 2 is 2.30 bits per heavy atom. The molecule has 0 radical (unpaired) electrons. The zero-order valence-corrected chi connectivity index (χ0v) is 10.7. The van der Waals surface area contributed by atoms with Crippen LogP contribution < -0.4 is 16.6 Å². The average Bonchev–Trinajstić information content (AvgIpc) is 2.96. The summed E-state index contributed by atoms with van der Waals surface area (Å²) in [6.07, 6.45) is 6.07. The minimum absolute atomic E-state index is 0.0772. The van der Waals surface area contributed by atoms with E-state index in [-0.39, 0.29) is 11.5 Å². The van der Waals surface area contributed by atoms with Gasteiger partial charge in [0.25, 0.3) is 0 Å². The van der Waals surface area contributed by atoms with E-state index in [0.29, 0.717) is 12.4 Å². The molecule has 9 nitrogen and oxygen atoms in total. The maximum absolute atomic E-state index is 10.9. The smallest absolute Gasteiger partial charge is 0.311 e. The van der Waals surface area contributed by atoms with E-state index < -0.39 is 4.92 Å².